The maximum absolute atomic E-state index is 4.00. The van der Waals surface area contributed by atoms with E-state index < -0.39 is 0 Å². The number of hydrogen-bond acceptors (Lipinski definition) is 2. The molecule has 1 aromatic carbocycles. The Balaban J connectivity index is 2.26. The van der Waals surface area contributed by atoms with Gasteiger partial charge in [0.25, 0.3) is 0 Å². The summed E-state index contributed by atoms with van der Waals surface area (Å²) in [5.74, 6) is 0.830. The Kier molecular flexibility index (Phi) is 1.78. The lowest BCUT2D eigenvalue weighted by Crippen LogP contribution is -1.83. The molecule has 0 unspecified atom stereocenters. The molecule has 2 heteroatoms. The number of nitrogens with one attached hydrogen (secondary N) is 1. The van der Waals surface area contributed by atoms with Crippen LogP contribution in [0.1, 0.15) is 24.3 Å². The molecule has 0 spiro atoms. The van der Waals surface area contributed by atoms with Gasteiger partial charge in [0.15, 0.2) is 0 Å². The third kappa shape index (κ3) is 1.51. The van der Waals surface area contributed by atoms with Crippen LogP contribution in [0.3, 0.4) is 0 Å². The second-order valence-corrected chi connectivity index (χ2v) is 3.24. The molecule has 1 fully saturated rings. The number of anilines is 1. The van der Waals surface area contributed by atoms with Gasteiger partial charge in [-0.1, -0.05) is 24.9 Å². The highest BCUT2D eigenvalue weighted by atomic mass is 32.1. The first-order valence-electron chi connectivity index (χ1n) is 3.90. The molecule has 11 heavy (non-hydrogen) atoms. The van der Waals surface area contributed by atoms with Crippen LogP contribution in [0.4, 0.5) is 5.69 Å². The summed E-state index contributed by atoms with van der Waals surface area (Å²) in [6.07, 6.45) is 2.71. The Morgan fingerprint density at radius 2 is 2.18 bits per heavy atom. The monoisotopic (exact) mass is 165 g/mol. The van der Waals surface area contributed by atoms with Crippen LogP contribution in [-0.4, -0.2) is 0 Å². The minimum Gasteiger partial charge on any atom is -0.332 e. The van der Waals surface area contributed by atoms with E-state index in [4.69, 9.17) is 0 Å². The van der Waals surface area contributed by atoms with Gasteiger partial charge in [-0.25, -0.2) is 0 Å². The van der Waals surface area contributed by atoms with Gasteiger partial charge in [0, 0.05) is 5.69 Å². The van der Waals surface area contributed by atoms with Gasteiger partial charge in [0.1, 0.15) is 0 Å². The number of benzene rings is 1. The molecular formula is C9H11NS. The van der Waals surface area contributed by atoms with Gasteiger partial charge in [0.05, 0.1) is 0 Å². The third-order valence-electron chi connectivity index (χ3n) is 2.06. The topological polar surface area (TPSA) is 12.0 Å². The molecule has 0 saturated heterocycles. The van der Waals surface area contributed by atoms with Crippen LogP contribution >= 0.6 is 12.8 Å². The van der Waals surface area contributed by atoms with Gasteiger partial charge in [0.2, 0.25) is 0 Å². The van der Waals surface area contributed by atoms with E-state index >= 15 is 0 Å². The minimum atomic E-state index is 0.830. The first kappa shape index (κ1) is 7.04. The molecule has 1 saturated carbocycles. The van der Waals surface area contributed by atoms with Gasteiger partial charge in [-0.15, -0.1) is 0 Å². The fourth-order valence-corrected chi connectivity index (χ4v) is 1.42. The van der Waals surface area contributed by atoms with E-state index in [2.05, 4.69) is 35.7 Å². The highest BCUT2D eigenvalue weighted by Gasteiger charge is 2.23. The fourth-order valence-electron chi connectivity index (χ4n) is 1.28. The first-order chi connectivity index (χ1) is 5.40. The summed E-state index contributed by atoms with van der Waals surface area (Å²) >= 11 is 4.00. The molecule has 0 amide bonds. The van der Waals surface area contributed by atoms with Crippen LogP contribution < -0.4 is 4.72 Å². The Bertz CT molecular complexity index is 255. The van der Waals surface area contributed by atoms with Crippen molar-refractivity contribution in [2.24, 2.45) is 0 Å². The molecule has 1 nitrogen and oxygen atoms in total. The average molecular weight is 165 g/mol. The van der Waals surface area contributed by atoms with Crippen molar-refractivity contribution in [2.75, 3.05) is 4.72 Å². The Morgan fingerprint density at radius 3 is 2.82 bits per heavy atom. The lowest BCUT2D eigenvalue weighted by Gasteiger charge is -2.01. The Morgan fingerprint density at radius 1 is 1.36 bits per heavy atom. The van der Waals surface area contributed by atoms with E-state index in [1.54, 1.807) is 0 Å². The molecule has 1 aliphatic rings. The summed E-state index contributed by atoms with van der Waals surface area (Å²) in [6.45, 7) is 0. The molecule has 1 N–H and O–H groups in total. The van der Waals surface area contributed by atoms with E-state index in [0.717, 1.165) is 11.6 Å². The van der Waals surface area contributed by atoms with Gasteiger partial charge in [-0.3, -0.25) is 0 Å². The van der Waals surface area contributed by atoms with Crippen molar-refractivity contribution in [2.45, 2.75) is 18.8 Å². The highest BCUT2D eigenvalue weighted by molar-refractivity contribution is 7.81. The molecule has 58 valence electrons. The zero-order valence-corrected chi connectivity index (χ0v) is 7.14. The van der Waals surface area contributed by atoms with Gasteiger partial charge in [-0.2, -0.15) is 0 Å². The third-order valence-corrected chi connectivity index (χ3v) is 2.32. The average Bonchev–Trinajstić information content (AvgIpc) is 2.87. The first-order valence-corrected chi connectivity index (χ1v) is 4.35. The highest BCUT2D eigenvalue weighted by Crippen LogP contribution is 2.40. The van der Waals surface area contributed by atoms with Crippen molar-refractivity contribution in [1.29, 1.82) is 0 Å². The van der Waals surface area contributed by atoms with E-state index in [-0.39, 0.29) is 0 Å². The maximum Gasteiger partial charge on any atom is 0.0440 e. The van der Waals surface area contributed by atoms with Crippen LogP contribution in [0.5, 0.6) is 0 Å². The Labute approximate surface area is 72.4 Å². The maximum atomic E-state index is 4.00. The predicted molar refractivity (Wildman–Crippen MR) is 51.0 cm³/mol. The van der Waals surface area contributed by atoms with Crippen molar-refractivity contribution in [1.82, 2.24) is 0 Å². The van der Waals surface area contributed by atoms with Gasteiger partial charge < -0.3 is 4.72 Å². The van der Waals surface area contributed by atoms with Crippen LogP contribution in [0.15, 0.2) is 24.3 Å². The number of hydrogen-bond donors (Lipinski definition) is 2. The minimum absolute atomic E-state index is 0.830. The number of thiol groups is 1. The van der Waals surface area contributed by atoms with Crippen molar-refractivity contribution in [3.63, 3.8) is 0 Å². The quantitative estimate of drug-likeness (QED) is 0.642. The zero-order chi connectivity index (χ0) is 7.68. The smallest absolute Gasteiger partial charge is 0.0440 e. The molecule has 0 heterocycles. The summed E-state index contributed by atoms with van der Waals surface area (Å²) in [5.41, 5.74) is 2.54. The number of rotatable bonds is 2. The van der Waals surface area contributed by atoms with Crippen LogP contribution in [-0.2, 0) is 0 Å². The van der Waals surface area contributed by atoms with Gasteiger partial charge >= 0.3 is 0 Å². The summed E-state index contributed by atoms with van der Waals surface area (Å²) in [6, 6.07) is 8.46. The van der Waals surface area contributed by atoms with Crippen molar-refractivity contribution < 1.29 is 0 Å². The fraction of sp³-hybridized carbons (Fsp3) is 0.333. The molecule has 0 radical (unpaired) electrons. The lowest BCUT2D eigenvalue weighted by molar-refractivity contribution is 1.13. The molecule has 0 atom stereocenters. The zero-order valence-electron chi connectivity index (χ0n) is 6.25. The molecule has 0 aromatic heterocycles. The summed E-state index contributed by atoms with van der Waals surface area (Å²) < 4.78 is 2.84. The van der Waals surface area contributed by atoms with Crippen molar-refractivity contribution in [3.8, 4) is 0 Å². The molecule has 1 aromatic rings. The largest absolute Gasteiger partial charge is 0.332 e. The van der Waals surface area contributed by atoms with E-state index in [1.165, 1.54) is 18.4 Å². The summed E-state index contributed by atoms with van der Waals surface area (Å²) in [7, 11) is 0. The predicted octanol–water partition coefficient (Wildman–Crippen LogP) is 2.82. The van der Waals surface area contributed by atoms with E-state index in [1.807, 2.05) is 6.07 Å². The van der Waals surface area contributed by atoms with Crippen molar-refractivity contribution in [3.05, 3.63) is 29.8 Å². The second kappa shape index (κ2) is 2.78. The standard InChI is InChI=1S/C9H11NS/c11-10-9-3-1-2-8(6-9)7-4-5-7/h1-3,6-7,10-11H,4-5H2. The van der Waals surface area contributed by atoms with Crippen LogP contribution in [0.2, 0.25) is 0 Å². The lowest BCUT2D eigenvalue weighted by atomic mass is 10.1. The van der Waals surface area contributed by atoms with E-state index in [9.17, 15) is 0 Å². The molecule has 1 aliphatic carbocycles. The van der Waals surface area contributed by atoms with Crippen LogP contribution in [0.25, 0.3) is 0 Å². The van der Waals surface area contributed by atoms with Crippen LogP contribution in [0, 0.1) is 0 Å². The molecule has 0 bridgehead atoms. The van der Waals surface area contributed by atoms with Gasteiger partial charge in [-0.05, 0) is 36.5 Å². The van der Waals surface area contributed by atoms with E-state index in [0.29, 0.717) is 0 Å². The molecule has 2 rings (SSSR count). The normalized spacial score (nSPS) is 16.5. The Hall–Kier alpha value is -0.630. The summed E-state index contributed by atoms with van der Waals surface area (Å²) in [5, 5.41) is 0. The molecule has 0 aliphatic heterocycles. The summed E-state index contributed by atoms with van der Waals surface area (Å²) in [4.78, 5) is 0. The molecular weight excluding hydrogens is 154 g/mol. The van der Waals surface area contributed by atoms with Crippen molar-refractivity contribution >= 4 is 18.5 Å². The SMILES string of the molecule is SNc1cccc(C2CC2)c1. The second-order valence-electron chi connectivity index (χ2n) is 3.01.